The molecule has 0 amide bonds. The summed E-state index contributed by atoms with van der Waals surface area (Å²) in [5, 5.41) is 0.108. The molecule has 0 spiro atoms. The molecule has 0 saturated heterocycles. The van der Waals surface area contributed by atoms with E-state index in [2.05, 4.69) is 33.9 Å². The van der Waals surface area contributed by atoms with Crippen LogP contribution in [-0.4, -0.2) is 70.7 Å². The van der Waals surface area contributed by atoms with Gasteiger partial charge in [-0.3, -0.25) is 9.05 Å². The first-order valence-corrected chi connectivity index (χ1v) is 11.6. The Kier molecular flexibility index (Phi) is 9.89. The molecule has 9 heteroatoms. The predicted molar refractivity (Wildman–Crippen MR) is 89.7 cm³/mol. The minimum atomic E-state index is -3.98. The minimum Gasteiger partial charge on any atom is -0.870 e. The molecule has 0 aromatic rings. The topological polar surface area (TPSA) is 95.0 Å². The maximum atomic E-state index is 11.7. The van der Waals surface area contributed by atoms with Crippen LogP contribution in [0.1, 0.15) is 20.8 Å². The van der Waals surface area contributed by atoms with Gasteiger partial charge < -0.3 is 19.3 Å². The molecule has 0 radical (unpaired) electrons. The van der Waals surface area contributed by atoms with Gasteiger partial charge in [0.2, 0.25) is 0 Å². The maximum absolute atomic E-state index is 11.7. The first-order valence-electron chi connectivity index (χ1n) is 7.23. The van der Waals surface area contributed by atoms with Crippen LogP contribution in [0.2, 0.25) is 18.1 Å². The summed E-state index contributed by atoms with van der Waals surface area (Å²) in [6.07, 6.45) is 0. The molecule has 22 heavy (non-hydrogen) atoms. The lowest BCUT2D eigenvalue weighted by Crippen LogP contribution is -2.41. The molecule has 0 aromatic heterocycles. The highest BCUT2D eigenvalue weighted by atomic mass is 31.2. The molecule has 1 atom stereocenters. The summed E-state index contributed by atoms with van der Waals surface area (Å²) in [6, 6.07) is 0. The van der Waals surface area contributed by atoms with E-state index < -0.39 is 16.1 Å². The molecule has 1 unspecified atom stereocenters. The quantitative estimate of drug-likeness (QED) is 0.294. The Hall–Kier alpha value is 0.207. The largest absolute Gasteiger partial charge is 0.870 e. The third-order valence-corrected chi connectivity index (χ3v) is 9.18. The molecule has 136 valence electrons. The van der Waals surface area contributed by atoms with E-state index in [1.165, 1.54) is 0 Å². The number of likely N-dealkylation sites (N-methyl/N-ethyl adjacent to an activating group) is 1. The Labute approximate surface area is 136 Å². The van der Waals surface area contributed by atoms with E-state index in [9.17, 15) is 9.46 Å². The number of hydrogen-bond donors (Lipinski definition) is 1. The molecule has 7 nitrogen and oxygen atoms in total. The Morgan fingerprint density at radius 3 is 1.91 bits per heavy atom. The van der Waals surface area contributed by atoms with Gasteiger partial charge >= 0.3 is 7.82 Å². The zero-order valence-electron chi connectivity index (χ0n) is 15.3. The van der Waals surface area contributed by atoms with Crippen LogP contribution in [0.15, 0.2) is 0 Å². The van der Waals surface area contributed by atoms with Gasteiger partial charge in [0, 0.05) is 0 Å². The van der Waals surface area contributed by atoms with Crippen molar-refractivity contribution >= 4 is 16.1 Å². The average molecular weight is 359 g/mol. The monoisotopic (exact) mass is 359 g/mol. The fourth-order valence-electron chi connectivity index (χ4n) is 1.13. The number of rotatable bonds is 9. The van der Waals surface area contributed by atoms with Gasteiger partial charge in [-0.1, -0.05) is 20.8 Å². The predicted octanol–water partition coefficient (Wildman–Crippen LogP) is 2.67. The van der Waals surface area contributed by atoms with Crippen molar-refractivity contribution in [1.29, 1.82) is 0 Å². The zero-order chi connectivity index (χ0) is 16.9. The molecule has 0 heterocycles. The van der Waals surface area contributed by atoms with Crippen molar-refractivity contribution in [1.82, 2.24) is 0 Å². The molecule has 0 rings (SSSR count). The summed E-state index contributed by atoms with van der Waals surface area (Å²) >= 11 is 0. The summed E-state index contributed by atoms with van der Waals surface area (Å²) in [5.41, 5.74) is 0. The molecule has 0 aliphatic rings. The maximum Gasteiger partial charge on any atom is 0.472 e. The summed E-state index contributed by atoms with van der Waals surface area (Å²) in [7, 11) is 0.135. The Morgan fingerprint density at radius 2 is 1.50 bits per heavy atom. The highest BCUT2D eigenvalue weighted by Gasteiger charge is 2.37. The lowest BCUT2D eigenvalue weighted by molar-refractivity contribution is -0.870. The number of hydrogen-bond acceptors (Lipinski definition) is 5. The SMILES string of the molecule is CC(C)(C)[Si](C)(C)OCCOP(=O)(O)OCC[N+](C)(C)C.[OH-]. The molecule has 0 bridgehead atoms. The standard InChI is InChI=1S/C13H32NO5PSi.H2O/c1-13(2,3)21(7,8)19-12-11-18-20(15,16)17-10-9-14(4,5)6;/h9-12H2,1-8H3;1H2. The summed E-state index contributed by atoms with van der Waals surface area (Å²) in [6.45, 7) is 11.9. The fraction of sp³-hybridized carbons (Fsp3) is 1.00. The lowest BCUT2D eigenvalue weighted by atomic mass is 10.2. The van der Waals surface area contributed by atoms with Gasteiger partial charge in [-0.05, 0) is 18.1 Å². The van der Waals surface area contributed by atoms with E-state index in [-0.39, 0.29) is 23.7 Å². The molecule has 2 N–H and O–H groups in total. The van der Waals surface area contributed by atoms with Gasteiger partial charge in [0.15, 0.2) is 8.32 Å². The van der Waals surface area contributed by atoms with Crippen molar-refractivity contribution in [2.24, 2.45) is 0 Å². The van der Waals surface area contributed by atoms with Crippen LogP contribution in [0, 0.1) is 0 Å². The van der Waals surface area contributed by atoms with Crippen LogP contribution in [0.5, 0.6) is 0 Å². The van der Waals surface area contributed by atoms with E-state index in [1.54, 1.807) is 0 Å². The van der Waals surface area contributed by atoms with Gasteiger partial charge in [-0.25, -0.2) is 4.57 Å². The first kappa shape index (κ1) is 24.5. The van der Waals surface area contributed by atoms with Crippen LogP contribution in [0.25, 0.3) is 0 Å². The van der Waals surface area contributed by atoms with Crippen LogP contribution in [-0.2, 0) is 18.0 Å². The molecule has 0 saturated carbocycles. The van der Waals surface area contributed by atoms with Crippen molar-refractivity contribution in [3.05, 3.63) is 0 Å². The van der Waals surface area contributed by atoms with Crippen molar-refractivity contribution in [2.45, 2.75) is 38.9 Å². The normalized spacial score (nSPS) is 16.0. The van der Waals surface area contributed by atoms with E-state index in [0.29, 0.717) is 17.6 Å². The second-order valence-electron chi connectivity index (χ2n) is 7.76. The Balaban J connectivity index is 0. The molecule has 0 aliphatic carbocycles. The first-order chi connectivity index (χ1) is 9.16. The smallest absolute Gasteiger partial charge is 0.472 e. The van der Waals surface area contributed by atoms with Crippen LogP contribution < -0.4 is 0 Å². The summed E-state index contributed by atoms with van der Waals surface area (Å²) in [4.78, 5) is 9.56. The van der Waals surface area contributed by atoms with Crippen LogP contribution in [0.4, 0.5) is 0 Å². The Bertz CT molecular complexity index is 365. The van der Waals surface area contributed by atoms with Gasteiger partial charge in [0.1, 0.15) is 13.2 Å². The fourth-order valence-corrected chi connectivity index (χ4v) is 2.85. The summed E-state index contributed by atoms with van der Waals surface area (Å²) < 4.78 is 28.1. The summed E-state index contributed by atoms with van der Waals surface area (Å²) in [5.74, 6) is 0. The van der Waals surface area contributed by atoms with Crippen LogP contribution in [0.3, 0.4) is 0 Å². The van der Waals surface area contributed by atoms with Crippen LogP contribution >= 0.6 is 7.82 Å². The highest BCUT2D eigenvalue weighted by molar-refractivity contribution is 7.47. The lowest BCUT2D eigenvalue weighted by Gasteiger charge is -2.36. The number of phosphoric acid groups is 1. The van der Waals surface area contributed by atoms with E-state index in [1.807, 2.05) is 21.1 Å². The third-order valence-electron chi connectivity index (χ3n) is 3.62. The van der Waals surface area contributed by atoms with Crippen molar-refractivity contribution in [3.8, 4) is 0 Å². The van der Waals surface area contributed by atoms with Gasteiger partial charge in [-0.2, -0.15) is 0 Å². The second kappa shape index (κ2) is 8.89. The second-order valence-corrected chi connectivity index (χ2v) is 14.0. The third kappa shape index (κ3) is 10.9. The van der Waals surface area contributed by atoms with E-state index in [0.717, 1.165) is 0 Å². The molecular formula is C13H34NO6PSi. The number of phosphoric ester groups is 1. The molecule has 0 aliphatic heterocycles. The highest BCUT2D eigenvalue weighted by Crippen LogP contribution is 2.43. The van der Waals surface area contributed by atoms with E-state index in [4.69, 9.17) is 13.5 Å². The van der Waals surface area contributed by atoms with Crippen molar-refractivity contribution in [2.75, 3.05) is 47.5 Å². The van der Waals surface area contributed by atoms with Crippen molar-refractivity contribution < 1.29 is 32.9 Å². The average Bonchev–Trinajstić information content (AvgIpc) is 2.20. The van der Waals surface area contributed by atoms with E-state index >= 15 is 0 Å². The minimum absolute atomic E-state index is 0. The van der Waals surface area contributed by atoms with Crippen molar-refractivity contribution in [3.63, 3.8) is 0 Å². The van der Waals surface area contributed by atoms with Gasteiger partial charge in [0.05, 0.1) is 34.4 Å². The molecular weight excluding hydrogens is 325 g/mol. The number of nitrogens with zero attached hydrogens (tertiary/aromatic N) is 1. The zero-order valence-corrected chi connectivity index (χ0v) is 17.1. The molecule has 0 aromatic carbocycles. The number of quaternary nitrogens is 1. The Morgan fingerprint density at radius 1 is 1.05 bits per heavy atom. The van der Waals surface area contributed by atoms with Gasteiger partial charge in [0.25, 0.3) is 0 Å². The molecule has 0 fully saturated rings. The van der Waals surface area contributed by atoms with Gasteiger partial charge in [-0.15, -0.1) is 0 Å².